The highest BCUT2D eigenvalue weighted by Gasteiger charge is 2.19. The van der Waals surface area contributed by atoms with Gasteiger partial charge >= 0.3 is 0 Å². The molecule has 0 saturated carbocycles. The zero-order chi connectivity index (χ0) is 36.0. The van der Waals surface area contributed by atoms with E-state index in [9.17, 15) is 0 Å². The molecule has 0 amide bonds. The highest BCUT2D eigenvalue weighted by atomic mass is 15.0. The van der Waals surface area contributed by atoms with Crippen LogP contribution < -0.4 is 0 Å². The Morgan fingerprint density at radius 3 is 1.55 bits per heavy atom. The molecule has 0 saturated heterocycles. The van der Waals surface area contributed by atoms with Crippen LogP contribution in [-0.4, -0.2) is 9.13 Å². The number of hydrogen-bond acceptors (Lipinski definition) is 0. The van der Waals surface area contributed by atoms with Crippen molar-refractivity contribution < 1.29 is 0 Å². The molecule has 2 aromatic heterocycles. The normalized spacial score (nSPS) is 12.3. The summed E-state index contributed by atoms with van der Waals surface area (Å²) in [6.45, 7) is 0. The van der Waals surface area contributed by atoms with Gasteiger partial charge in [-0.15, -0.1) is 0 Å². The molecule has 0 fully saturated rings. The fraction of sp³-hybridized carbons (Fsp3) is 0.0189. The number of benzene rings is 9. The molecule has 55 heavy (non-hydrogen) atoms. The predicted octanol–water partition coefficient (Wildman–Crippen LogP) is 13.9. The Morgan fingerprint density at radius 2 is 0.800 bits per heavy atom. The van der Waals surface area contributed by atoms with Gasteiger partial charge in [-0.1, -0.05) is 121 Å². The van der Waals surface area contributed by atoms with Gasteiger partial charge in [0.25, 0.3) is 0 Å². The first-order chi connectivity index (χ1) is 27.2. The summed E-state index contributed by atoms with van der Waals surface area (Å²) in [7, 11) is 0. The minimum Gasteiger partial charge on any atom is -0.309 e. The zero-order valence-electron chi connectivity index (χ0n) is 30.1. The second-order valence-electron chi connectivity index (χ2n) is 15.0. The van der Waals surface area contributed by atoms with Gasteiger partial charge in [-0.3, -0.25) is 0 Å². The molecule has 12 rings (SSSR count). The summed E-state index contributed by atoms with van der Waals surface area (Å²) in [5.74, 6) is 0. The molecular formula is C53H34N2. The highest BCUT2D eigenvalue weighted by Crippen LogP contribution is 2.41. The van der Waals surface area contributed by atoms with Crippen LogP contribution >= 0.6 is 0 Å². The molecule has 0 spiro atoms. The minimum absolute atomic E-state index is 1.02. The predicted molar refractivity (Wildman–Crippen MR) is 232 cm³/mol. The number of para-hydroxylation sites is 3. The summed E-state index contributed by atoms with van der Waals surface area (Å²) in [6, 6.07) is 71.7. The third-order valence-corrected chi connectivity index (χ3v) is 11.9. The van der Waals surface area contributed by atoms with Gasteiger partial charge in [0, 0.05) is 32.9 Å². The molecule has 0 N–H and O–H groups in total. The van der Waals surface area contributed by atoms with Crippen LogP contribution in [0.1, 0.15) is 11.1 Å². The Kier molecular flexibility index (Phi) is 6.43. The van der Waals surface area contributed by atoms with Crippen LogP contribution in [0.2, 0.25) is 0 Å². The third kappa shape index (κ3) is 4.62. The number of aromatic nitrogens is 2. The molecule has 256 valence electrons. The summed E-state index contributed by atoms with van der Waals surface area (Å²) in [5, 5.41) is 7.53. The summed E-state index contributed by atoms with van der Waals surface area (Å²) in [5.41, 5.74) is 17.7. The Bertz CT molecular complexity index is 3340. The molecule has 0 aliphatic heterocycles. The van der Waals surface area contributed by atoms with E-state index >= 15 is 0 Å². The summed E-state index contributed by atoms with van der Waals surface area (Å²) in [4.78, 5) is 0. The molecule has 11 aromatic rings. The number of rotatable bonds is 4. The lowest BCUT2D eigenvalue weighted by molar-refractivity contribution is 1.18. The van der Waals surface area contributed by atoms with E-state index in [1.807, 2.05) is 0 Å². The molecule has 1 aliphatic rings. The van der Waals surface area contributed by atoms with Crippen LogP contribution in [0.25, 0.3) is 99.1 Å². The monoisotopic (exact) mass is 698 g/mol. The van der Waals surface area contributed by atoms with Gasteiger partial charge < -0.3 is 9.13 Å². The van der Waals surface area contributed by atoms with Gasteiger partial charge in [-0.2, -0.15) is 0 Å². The van der Waals surface area contributed by atoms with Crippen LogP contribution in [0.5, 0.6) is 0 Å². The standard InChI is InChI=1S/C53H34N2/c1-2-11-42(12-3-1)54-50-16-8-6-14-45(50)48-32-38(23-26-52(48)54)39-24-27-53-49(33-39)46-15-7-9-17-51(46)55(53)43-25-22-35-28-34(18-19-36(35)30-43)37-20-21-41-29-40-10-4-5-13-44(40)47(41)31-37/h1-28,30-33H,29H2. The minimum atomic E-state index is 1.02. The maximum Gasteiger partial charge on any atom is 0.0541 e. The van der Waals surface area contributed by atoms with Crippen molar-refractivity contribution in [2.75, 3.05) is 0 Å². The molecule has 2 heteroatoms. The van der Waals surface area contributed by atoms with Crippen molar-refractivity contribution in [3.05, 3.63) is 205 Å². The Balaban J connectivity index is 0.950. The molecule has 2 nitrogen and oxygen atoms in total. The molecule has 0 bridgehead atoms. The van der Waals surface area contributed by atoms with E-state index in [-0.39, 0.29) is 0 Å². The quantitative estimate of drug-likeness (QED) is 0.173. The second kappa shape index (κ2) is 11.7. The summed E-state index contributed by atoms with van der Waals surface area (Å²) in [6.07, 6.45) is 1.02. The second-order valence-corrected chi connectivity index (χ2v) is 15.0. The number of nitrogens with zero attached hydrogens (tertiary/aromatic N) is 2. The number of fused-ring (bicyclic) bond motifs is 10. The summed E-state index contributed by atoms with van der Waals surface area (Å²) >= 11 is 0. The van der Waals surface area contributed by atoms with Gasteiger partial charge in [0.1, 0.15) is 0 Å². The topological polar surface area (TPSA) is 9.86 Å². The lowest BCUT2D eigenvalue weighted by Crippen LogP contribution is -1.94. The first kappa shape index (κ1) is 30.3. The Hall–Kier alpha value is -7.16. The molecule has 1 aliphatic carbocycles. The van der Waals surface area contributed by atoms with Gasteiger partial charge in [-0.05, 0) is 134 Å². The first-order valence-corrected chi connectivity index (χ1v) is 19.1. The van der Waals surface area contributed by atoms with Crippen molar-refractivity contribution in [1.29, 1.82) is 0 Å². The van der Waals surface area contributed by atoms with Gasteiger partial charge in [-0.25, -0.2) is 0 Å². The molecule has 0 unspecified atom stereocenters. The fourth-order valence-corrected chi connectivity index (χ4v) is 9.29. The zero-order valence-corrected chi connectivity index (χ0v) is 30.1. The first-order valence-electron chi connectivity index (χ1n) is 19.1. The fourth-order valence-electron chi connectivity index (χ4n) is 9.29. The van der Waals surface area contributed by atoms with E-state index in [1.165, 1.54) is 110 Å². The van der Waals surface area contributed by atoms with Gasteiger partial charge in [0.2, 0.25) is 0 Å². The Labute approximate surface area is 318 Å². The van der Waals surface area contributed by atoms with Crippen molar-refractivity contribution >= 4 is 54.4 Å². The summed E-state index contributed by atoms with van der Waals surface area (Å²) < 4.78 is 4.80. The van der Waals surface area contributed by atoms with E-state index in [1.54, 1.807) is 0 Å². The van der Waals surface area contributed by atoms with Crippen molar-refractivity contribution in [2.24, 2.45) is 0 Å². The van der Waals surface area contributed by atoms with Crippen LogP contribution in [0, 0.1) is 0 Å². The van der Waals surface area contributed by atoms with Crippen molar-refractivity contribution in [2.45, 2.75) is 6.42 Å². The maximum atomic E-state index is 2.43. The van der Waals surface area contributed by atoms with E-state index in [4.69, 9.17) is 0 Å². The van der Waals surface area contributed by atoms with Crippen molar-refractivity contribution in [3.63, 3.8) is 0 Å². The average molecular weight is 699 g/mol. The van der Waals surface area contributed by atoms with Gasteiger partial charge in [0.15, 0.2) is 0 Å². The molecule has 0 atom stereocenters. The molecule has 2 heterocycles. The lowest BCUT2D eigenvalue weighted by atomic mass is 9.96. The molecule has 9 aromatic carbocycles. The van der Waals surface area contributed by atoms with Crippen molar-refractivity contribution in [3.8, 4) is 44.8 Å². The highest BCUT2D eigenvalue weighted by molar-refractivity contribution is 6.13. The largest absolute Gasteiger partial charge is 0.309 e. The third-order valence-electron chi connectivity index (χ3n) is 11.9. The average Bonchev–Trinajstić information content (AvgIpc) is 3.90. The van der Waals surface area contributed by atoms with E-state index in [2.05, 4.69) is 203 Å². The van der Waals surface area contributed by atoms with E-state index in [0.717, 1.165) is 6.42 Å². The van der Waals surface area contributed by atoms with Crippen LogP contribution in [0.4, 0.5) is 0 Å². The van der Waals surface area contributed by atoms with E-state index < -0.39 is 0 Å². The SMILES string of the molecule is c1ccc(-n2c3ccccc3c3cc(-c4ccc5c(c4)c4ccccc4n5-c4ccc5cc(-c6ccc7c(c6)-c6ccccc6C7)ccc5c4)ccc32)cc1. The number of hydrogen-bond donors (Lipinski definition) is 0. The van der Waals surface area contributed by atoms with Gasteiger partial charge in [0.05, 0.1) is 22.1 Å². The van der Waals surface area contributed by atoms with Crippen LogP contribution in [0.3, 0.4) is 0 Å². The lowest BCUT2D eigenvalue weighted by Gasteiger charge is -2.11. The smallest absolute Gasteiger partial charge is 0.0541 e. The Morgan fingerprint density at radius 1 is 0.291 bits per heavy atom. The van der Waals surface area contributed by atoms with E-state index in [0.29, 0.717) is 0 Å². The van der Waals surface area contributed by atoms with Crippen LogP contribution in [0.15, 0.2) is 194 Å². The maximum absolute atomic E-state index is 2.43. The van der Waals surface area contributed by atoms with Crippen molar-refractivity contribution in [1.82, 2.24) is 9.13 Å². The van der Waals surface area contributed by atoms with Crippen LogP contribution in [-0.2, 0) is 6.42 Å². The molecule has 0 radical (unpaired) electrons. The molecular weight excluding hydrogens is 665 g/mol.